The number of methoxy groups -OCH3 is 1. The highest BCUT2D eigenvalue weighted by Crippen LogP contribution is 2.30. The van der Waals surface area contributed by atoms with Gasteiger partial charge in [-0.2, -0.15) is 0 Å². The molecule has 0 aliphatic heterocycles. The lowest BCUT2D eigenvalue weighted by Crippen LogP contribution is -2.34. The molecule has 0 aliphatic carbocycles. The van der Waals surface area contributed by atoms with Crippen molar-refractivity contribution in [2.75, 3.05) is 13.7 Å². The monoisotopic (exact) mass is 402 g/mol. The van der Waals surface area contributed by atoms with Gasteiger partial charge in [-0.3, -0.25) is 4.79 Å². The number of hydrogen-bond acceptors (Lipinski definition) is 6. The zero-order valence-electron chi connectivity index (χ0n) is 15.7. The quantitative estimate of drug-likeness (QED) is 0.609. The molecule has 0 bridgehead atoms. The van der Waals surface area contributed by atoms with Crippen molar-refractivity contribution in [2.24, 2.45) is 5.73 Å². The number of carbonyl (C=O) groups excluding carboxylic acids is 1. The topological polar surface area (TPSA) is 101 Å². The summed E-state index contributed by atoms with van der Waals surface area (Å²) >= 11 is 0. The van der Waals surface area contributed by atoms with Gasteiger partial charge in [0.25, 0.3) is 10.0 Å². The van der Waals surface area contributed by atoms with Crippen LogP contribution in [-0.4, -0.2) is 38.1 Å². The molecule has 3 aromatic rings. The van der Waals surface area contributed by atoms with Gasteiger partial charge in [-0.1, -0.05) is 18.2 Å². The normalized spacial score (nSPS) is 12.7. The van der Waals surface area contributed by atoms with Crippen molar-refractivity contribution in [3.8, 4) is 5.75 Å². The standard InChI is InChI=1S/C20H22N2O5S/c1-3-27-20(23)18(21)11-14-13-22(19-12-15(26-2)9-10-17(14)19)28(24,25)16-7-5-4-6-8-16/h4-10,12-13,18H,3,11,21H2,1-2H3/t18-/m1/s1. The summed E-state index contributed by atoms with van der Waals surface area (Å²) in [4.78, 5) is 12.1. The number of hydrogen-bond donors (Lipinski definition) is 1. The van der Waals surface area contributed by atoms with Crippen LogP contribution in [0, 0.1) is 0 Å². The average Bonchev–Trinajstić information content (AvgIpc) is 3.07. The number of benzene rings is 2. The molecule has 3 rings (SSSR count). The van der Waals surface area contributed by atoms with Crippen molar-refractivity contribution in [2.45, 2.75) is 24.3 Å². The molecule has 0 radical (unpaired) electrons. The summed E-state index contributed by atoms with van der Waals surface area (Å²) < 4.78 is 37.8. The summed E-state index contributed by atoms with van der Waals surface area (Å²) in [6.07, 6.45) is 1.66. The fourth-order valence-electron chi connectivity index (χ4n) is 3.01. The van der Waals surface area contributed by atoms with E-state index in [-0.39, 0.29) is 17.9 Å². The summed E-state index contributed by atoms with van der Waals surface area (Å²) in [5.41, 5.74) is 7.04. The van der Waals surface area contributed by atoms with Gasteiger partial charge in [0.05, 0.1) is 24.1 Å². The molecular formula is C20H22N2O5S. The number of nitrogens with zero attached hydrogens (tertiary/aromatic N) is 1. The minimum Gasteiger partial charge on any atom is -0.497 e. The summed E-state index contributed by atoms with van der Waals surface area (Å²) in [5.74, 6) is -0.000758. The lowest BCUT2D eigenvalue weighted by Gasteiger charge is -2.09. The van der Waals surface area contributed by atoms with E-state index in [1.54, 1.807) is 43.3 Å². The summed E-state index contributed by atoms with van der Waals surface area (Å²) in [5, 5.41) is 0.681. The number of fused-ring (bicyclic) bond motifs is 1. The van der Waals surface area contributed by atoms with E-state index in [0.717, 1.165) is 0 Å². The van der Waals surface area contributed by atoms with Crippen LogP contribution in [0.3, 0.4) is 0 Å². The Morgan fingerprint density at radius 1 is 1.18 bits per heavy atom. The highest BCUT2D eigenvalue weighted by molar-refractivity contribution is 7.90. The maximum atomic E-state index is 13.2. The van der Waals surface area contributed by atoms with Gasteiger partial charge in [-0.15, -0.1) is 0 Å². The van der Waals surface area contributed by atoms with Gasteiger partial charge in [-0.25, -0.2) is 12.4 Å². The van der Waals surface area contributed by atoms with Crippen molar-refractivity contribution in [1.29, 1.82) is 0 Å². The zero-order chi connectivity index (χ0) is 20.3. The predicted molar refractivity (Wildman–Crippen MR) is 106 cm³/mol. The van der Waals surface area contributed by atoms with E-state index in [9.17, 15) is 13.2 Å². The van der Waals surface area contributed by atoms with Crippen molar-refractivity contribution in [1.82, 2.24) is 3.97 Å². The van der Waals surface area contributed by atoms with E-state index >= 15 is 0 Å². The number of esters is 1. The van der Waals surface area contributed by atoms with Gasteiger partial charge >= 0.3 is 5.97 Å². The highest BCUT2D eigenvalue weighted by Gasteiger charge is 2.24. The molecule has 0 saturated heterocycles. The predicted octanol–water partition coefficient (Wildman–Crippen LogP) is 2.32. The second-order valence-electron chi connectivity index (χ2n) is 6.21. The zero-order valence-corrected chi connectivity index (χ0v) is 16.5. The Balaban J connectivity index is 2.14. The van der Waals surface area contributed by atoms with E-state index in [4.69, 9.17) is 15.2 Å². The van der Waals surface area contributed by atoms with Gasteiger partial charge in [0.15, 0.2) is 0 Å². The molecule has 0 aliphatic rings. The molecule has 2 aromatic carbocycles. The van der Waals surface area contributed by atoms with E-state index in [1.165, 1.54) is 29.4 Å². The van der Waals surface area contributed by atoms with Gasteiger partial charge in [0, 0.05) is 24.1 Å². The van der Waals surface area contributed by atoms with Crippen LogP contribution < -0.4 is 10.5 Å². The summed E-state index contributed by atoms with van der Waals surface area (Å²) in [7, 11) is -2.32. The van der Waals surface area contributed by atoms with Crippen LogP contribution in [-0.2, 0) is 26.0 Å². The van der Waals surface area contributed by atoms with Crippen LogP contribution in [0.5, 0.6) is 5.75 Å². The largest absolute Gasteiger partial charge is 0.497 e. The number of carbonyl (C=O) groups is 1. The Morgan fingerprint density at radius 3 is 2.54 bits per heavy atom. The molecule has 0 unspecified atom stereocenters. The number of aromatic nitrogens is 1. The number of nitrogens with two attached hydrogens (primary N) is 1. The Bertz CT molecular complexity index is 1090. The van der Waals surface area contributed by atoms with Crippen molar-refractivity contribution < 1.29 is 22.7 Å². The fraction of sp³-hybridized carbons (Fsp3) is 0.250. The molecule has 1 atom stereocenters. The molecule has 148 valence electrons. The van der Waals surface area contributed by atoms with Crippen LogP contribution in [0.15, 0.2) is 59.6 Å². The van der Waals surface area contributed by atoms with Gasteiger partial charge in [0.1, 0.15) is 11.8 Å². The average molecular weight is 402 g/mol. The SMILES string of the molecule is CCOC(=O)[C@H](N)Cc1cn(S(=O)(=O)c2ccccc2)c2cc(OC)ccc12. The maximum absolute atomic E-state index is 13.2. The van der Waals surface area contributed by atoms with Crippen LogP contribution in [0.25, 0.3) is 10.9 Å². The minimum absolute atomic E-state index is 0.152. The Hall–Kier alpha value is -2.84. The first-order chi connectivity index (χ1) is 13.4. The fourth-order valence-corrected chi connectivity index (χ4v) is 4.41. The summed E-state index contributed by atoms with van der Waals surface area (Å²) in [6.45, 7) is 1.93. The Kier molecular flexibility index (Phi) is 5.71. The second kappa shape index (κ2) is 8.04. The Morgan fingerprint density at radius 2 is 1.89 bits per heavy atom. The lowest BCUT2D eigenvalue weighted by molar-refractivity contribution is -0.144. The second-order valence-corrected chi connectivity index (χ2v) is 8.03. The summed E-state index contributed by atoms with van der Waals surface area (Å²) in [6, 6.07) is 12.4. The number of rotatable bonds is 7. The molecule has 0 fully saturated rings. The molecule has 1 heterocycles. The van der Waals surface area contributed by atoms with E-state index in [0.29, 0.717) is 22.2 Å². The van der Waals surface area contributed by atoms with E-state index in [1.807, 2.05) is 0 Å². The van der Waals surface area contributed by atoms with Gasteiger partial charge in [0.2, 0.25) is 0 Å². The molecule has 1 aromatic heterocycles. The van der Waals surface area contributed by atoms with Crippen molar-refractivity contribution in [3.63, 3.8) is 0 Å². The third-order valence-corrected chi connectivity index (χ3v) is 6.08. The molecule has 28 heavy (non-hydrogen) atoms. The third-order valence-electron chi connectivity index (χ3n) is 4.39. The smallest absolute Gasteiger partial charge is 0.323 e. The Labute approximate surface area is 163 Å². The number of ether oxygens (including phenoxy) is 2. The third kappa shape index (κ3) is 3.74. The lowest BCUT2D eigenvalue weighted by atomic mass is 10.1. The van der Waals surface area contributed by atoms with E-state index < -0.39 is 22.0 Å². The molecule has 0 saturated carbocycles. The van der Waals surface area contributed by atoms with Gasteiger partial charge < -0.3 is 15.2 Å². The van der Waals surface area contributed by atoms with Crippen molar-refractivity contribution >= 4 is 26.9 Å². The molecule has 2 N–H and O–H groups in total. The van der Waals surface area contributed by atoms with Crippen LogP contribution in [0.1, 0.15) is 12.5 Å². The van der Waals surface area contributed by atoms with Crippen LogP contribution >= 0.6 is 0 Å². The molecule has 7 nitrogen and oxygen atoms in total. The first-order valence-corrected chi connectivity index (χ1v) is 10.2. The molecule has 8 heteroatoms. The van der Waals surface area contributed by atoms with E-state index in [2.05, 4.69) is 0 Å². The molecular weight excluding hydrogens is 380 g/mol. The molecule has 0 amide bonds. The maximum Gasteiger partial charge on any atom is 0.323 e. The van der Waals surface area contributed by atoms with Crippen molar-refractivity contribution in [3.05, 3.63) is 60.3 Å². The molecule has 0 spiro atoms. The van der Waals surface area contributed by atoms with Gasteiger partial charge in [-0.05, 0) is 36.8 Å². The van der Waals surface area contributed by atoms with Crippen LogP contribution in [0.4, 0.5) is 0 Å². The first kappa shape index (κ1) is 19.9. The van der Waals surface area contributed by atoms with Crippen LogP contribution in [0.2, 0.25) is 0 Å². The first-order valence-electron chi connectivity index (χ1n) is 8.79. The highest BCUT2D eigenvalue weighted by atomic mass is 32.2. The minimum atomic E-state index is -3.83.